The van der Waals surface area contributed by atoms with Crippen molar-refractivity contribution < 1.29 is 22.3 Å². The lowest BCUT2D eigenvalue weighted by Crippen LogP contribution is -2.40. The molecule has 6 nitrogen and oxygen atoms in total. The predicted octanol–water partition coefficient (Wildman–Crippen LogP) is 3.65. The molecule has 0 aromatic heterocycles. The first-order chi connectivity index (χ1) is 15.3. The van der Waals surface area contributed by atoms with Gasteiger partial charge in [-0.25, -0.2) is 12.8 Å². The Hall–Kier alpha value is -3.23. The van der Waals surface area contributed by atoms with Gasteiger partial charge in [0.15, 0.2) is 0 Å². The van der Waals surface area contributed by atoms with Gasteiger partial charge in [0.25, 0.3) is 0 Å². The summed E-state index contributed by atoms with van der Waals surface area (Å²) >= 11 is 0. The summed E-state index contributed by atoms with van der Waals surface area (Å²) in [5.41, 5.74) is 1.84. The average Bonchev–Trinajstić information content (AvgIpc) is 2.79. The molecule has 1 amide bonds. The highest BCUT2D eigenvalue weighted by Gasteiger charge is 2.27. The van der Waals surface area contributed by atoms with Crippen LogP contribution in [0.5, 0.6) is 5.75 Å². The number of carbonyl (C=O) groups is 1. The zero-order chi connectivity index (χ0) is 23.1. The lowest BCUT2D eigenvalue weighted by molar-refractivity contribution is -0.121. The van der Waals surface area contributed by atoms with E-state index in [1.807, 2.05) is 19.1 Å². The van der Waals surface area contributed by atoms with Crippen LogP contribution in [0.15, 0.2) is 77.7 Å². The monoisotopic (exact) mass is 456 g/mol. The normalized spacial score (nSPS) is 11.4. The molecule has 0 saturated carbocycles. The van der Waals surface area contributed by atoms with E-state index in [-0.39, 0.29) is 23.5 Å². The Kier molecular flexibility index (Phi) is 7.61. The van der Waals surface area contributed by atoms with E-state index in [0.29, 0.717) is 5.75 Å². The Balaban J connectivity index is 1.82. The standard InChI is InChI=1S/C24H25FN2O4S/c1-18-11-13-21(14-12-18)32(29,30)27(16-20-8-3-5-9-22(20)25)17-24(28)26-15-19-7-4-6-10-23(19)31-2/h3-14H,15-17H2,1-2H3,(H,26,28). The van der Waals surface area contributed by atoms with E-state index in [4.69, 9.17) is 4.74 Å². The molecule has 3 aromatic rings. The number of methoxy groups -OCH3 is 1. The molecule has 0 fully saturated rings. The number of benzene rings is 3. The predicted molar refractivity (Wildman–Crippen MR) is 120 cm³/mol. The van der Waals surface area contributed by atoms with Crippen molar-refractivity contribution in [2.75, 3.05) is 13.7 Å². The second-order valence-electron chi connectivity index (χ2n) is 7.27. The SMILES string of the molecule is COc1ccccc1CNC(=O)CN(Cc1ccccc1F)S(=O)(=O)c1ccc(C)cc1. The minimum Gasteiger partial charge on any atom is -0.496 e. The van der Waals surface area contributed by atoms with E-state index >= 15 is 0 Å². The first kappa shape index (κ1) is 23.4. The van der Waals surface area contributed by atoms with Crippen molar-refractivity contribution in [2.24, 2.45) is 0 Å². The van der Waals surface area contributed by atoms with Crippen molar-refractivity contribution >= 4 is 15.9 Å². The third-order valence-electron chi connectivity index (χ3n) is 4.95. The number of nitrogens with zero attached hydrogens (tertiary/aromatic N) is 1. The second-order valence-corrected chi connectivity index (χ2v) is 9.20. The lowest BCUT2D eigenvalue weighted by Gasteiger charge is -2.22. The molecule has 0 unspecified atom stereocenters. The van der Waals surface area contributed by atoms with Gasteiger partial charge < -0.3 is 10.1 Å². The highest BCUT2D eigenvalue weighted by molar-refractivity contribution is 7.89. The molecule has 8 heteroatoms. The number of nitrogens with one attached hydrogen (secondary N) is 1. The molecular weight excluding hydrogens is 431 g/mol. The van der Waals surface area contributed by atoms with Crippen molar-refractivity contribution in [1.82, 2.24) is 9.62 Å². The average molecular weight is 457 g/mol. The summed E-state index contributed by atoms with van der Waals surface area (Å²) < 4.78 is 47.0. The fraction of sp³-hybridized carbons (Fsp3) is 0.208. The highest BCUT2D eigenvalue weighted by Crippen LogP contribution is 2.21. The van der Waals surface area contributed by atoms with E-state index in [0.717, 1.165) is 15.4 Å². The van der Waals surface area contributed by atoms with Gasteiger partial charge in [-0.2, -0.15) is 4.31 Å². The van der Waals surface area contributed by atoms with Gasteiger partial charge in [-0.05, 0) is 31.2 Å². The Bertz CT molecular complexity index is 1180. The molecule has 0 aliphatic rings. The Morgan fingerprint density at radius 2 is 1.59 bits per heavy atom. The van der Waals surface area contributed by atoms with Gasteiger partial charge in [-0.15, -0.1) is 0 Å². The van der Waals surface area contributed by atoms with Crippen LogP contribution in [0.2, 0.25) is 0 Å². The van der Waals surface area contributed by atoms with Gasteiger partial charge in [0.2, 0.25) is 15.9 Å². The van der Waals surface area contributed by atoms with Crippen LogP contribution < -0.4 is 10.1 Å². The fourth-order valence-electron chi connectivity index (χ4n) is 3.16. The van der Waals surface area contributed by atoms with Crippen LogP contribution in [0.3, 0.4) is 0 Å². The summed E-state index contributed by atoms with van der Waals surface area (Å²) in [5, 5.41) is 2.72. The molecule has 0 saturated heterocycles. The highest BCUT2D eigenvalue weighted by atomic mass is 32.2. The third-order valence-corrected chi connectivity index (χ3v) is 6.76. The van der Waals surface area contributed by atoms with Crippen molar-refractivity contribution in [2.45, 2.75) is 24.9 Å². The Morgan fingerprint density at radius 1 is 0.969 bits per heavy atom. The van der Waals surface area contributed by atoms with Crippen LogP contribution in [-0.4, -0.2) is 32.3 Å². The summed E-state index contributed by atoms with van der Waals surface area (Å²) in [6.45, 7) is 1.28. The molecule has 0 atom stereocenters. The maximum absolute atomic E-state index is 14.2. The van der Waals surface area contributed by atoms with Crippen LogP contribution >= 0.6 is 0 Å². The maximum Gasteiger partial charge on any atom is 0.243 e. The van der Waals surface area contributed by atoms with Crippen LogP contribution in [0.1, 0.15) is 16.7 Å². The number of ether oxygens (including phenoxy) is 1. The number of hydrogen-bond acceptors (Lipinski definition) is 4. The zero-order valence-corrected chi connectivity index (χ0v) is 18.7. The Labute approximate surface area is 187 Å². The van der Waals surface area contributed by atoms with Crippen LogP contribution in [0.4, 0.5) is 4.39 Å². The number of carbonyl (C=O) groups excluding carboxylic acids is 1. The number of para-hydroxylation sites is 1. The first-order valence-corrected chi connectivity index (χ1v) is 11.4. The molecule has 0 aliphatic heterocycles. The van der Waals surface area contributed by atoms with Gasteiger partial charge in [0.1, 0.15) is 11.6 Å². The number of sulfonamides is 1. The quantitative estimate of drug-likeness (QED) is 0.533. The molecule has 32 heavy (non-hydrogen) atoms. The van der Waals surface area contributed by atoms with Crippen LogP contribution in [0.25, 0.3) is 0 Å². The molecule has 168 valence electrons. The third kappa shape index (κ3) is 5.72. The number of rotatable bonds is 9. The van der Waals surface area contributed by atoms with E-state index in [2.05, 4.69) is 5.32 Å². The smallest absolute Gasteiger partial charge is 0.243 e. The summed E-state index contributed by atoms with van der Waals surface area (Å²) in [6, 6.07) is 19.4. The summed E-state index contributed by atoms with van der Waals surface area (Å²) in [6.07, 6.45) is 0. The van der Waals surface area contributed by atoms with E-state index in [1.54, 1.807) is 30.3 Å². The molecule has 0 bridgehead atoms. The number of amides is 1. The lowest BCUT2D eigenvalue weighted by atomic mass is 10.2. The van der Waals surface area contributed by atoms with Crippen LogP contribution in [-0.2, 0) is 27.9 Å². The van der Waals surface area contributed by atoms with Crippen molar-refractivity contribution in [3.8, 4) is 5.75 Å². The molecule has 0 radical (unpaired) electrons. The molecule has 3 aromatic carbocycles. The molecule has 0 spiro atoms. The van der Waals surface area contributed by atoms with Crippen molar-refractivity contribution in [3.63, 3.8) is 0 Å². The largest absolute Gasteiger partial charge is 0.496 e. The molecule has 3 rings (SSSR count). The number of aryl methyl sites for hydroxylation is 1. The molecule has 0 heterocycles. The Morgan fingerprint density at radius 3 is 2.25 bits per heavy atom. The number of hydrogen-bond donors (Lipinski definition) is 1. The zero-order valence-electron chi connectivity index (χ0n) is 17.9. The molecule has 0 aliphatic carbocycles. The van der Waals surface area contributed by atoms with Crippen molar-refractivity contribution in [1.29, 1.82) is 0 Å². The van der Waals surface area contributed by atoms with Gasteiger partial charge >= 0.3 is 0 Å². The van der Waals surface area contributed by atoms with Gasteiger partial charge in [0.05, 0.1) is 18.6 Å². The fourth-order valence-corrected chi connectivity index (χ4v) is 4.54. The summed E-state index contributed by atoms with van der Waals surface area (Å²) in [7, 11) is -2.51. The van der Waals surface area contributed by atoms with E-state index in [1.165, 1.54) is 37.4 Å². The van der Waals surface area contributed by atoms with E-state index < -0.39 is 28.3 Å². The molecular formula is C24H25FN2O4S. The van der Waals surface area contributed by atoms with Gasteiger partial charge in [-0.1, -0.05) is 54.1 Å². The van der Waals surface area contributed by atoms with Gasteiger partial charge in [0, 0.05) is 24.2 Å². The second kappa shape index (κ2) is 10.4. The maximum atomic E-state index is 14.2. The summed E-state index contributed by atoms with van der Waals surface area (Å²) in [5.74, 6) is -0.433. The molecule has 1 N–H and O–H groups in total. The summed E-state index contributed by atoms with van der Waals surface area (Å²) in [4.78, 5) is 12.7. The van der Waals surface area contributed by atoms with Gasteiger partial charge in [-0.3, -0.25) is 4.79 Å². The van der Waals surface area contributed by atoms with E-state index in [9.17, 15) is 17.6 Å². The first-order valence-electron chi connectivity index (χ1n) is 10.00. The topological polar surface area (TPSA) is 75.7 Å². The minimum absolute atomic E-state index is 0.0389. The minimum atomic E-state index is -4.04. The number of halogens is 1. The van der Waals surface area contributed by atoms with Crippen molar-refractivity contribution in [3.05, 3.63) is 95.3 Å². The van der Waals surface area contributed by atoms with Crippen LogP contribution in [0, 0.1) is 12.7 Å².